The van der Waals surface area contributed by atoms with Gasteiger partial charge < -0.3 is 9.32 Å². The lowest BCUT2D eigenvalue weighted by Gasteiger charge is -2.20. The van der Waals surface area contributed by atoms with Gasteiger partial charge >= 0.3 is 5.76 Å². The first kappa shape index (κ1) is 16.6. The highest BCUT2D eigenvalue weighted by molar-refractivity contribution is 5.97. The Morgan fingerprint density at radius 2 is 1.69 bits per heavy atom. The average molecular weight is 350 g/mol. The molecule has 0 saturated carbocycles. The van der Waals surface area contributed by atoms with E-state index in [1.165, 1.54) is 12.8 Å². The maximum Gasteiger partial charge on any atom is 0.420 e. The Balaban J connectivity index is 1.68. The van der Waals surface area contributed by atoms with Gasteiger partial charge in [-0.05, 0) is 36.6 Å². The number of likely N-dealkylation sites (tertiary alicyclic amines) is 1. The van der Waals surface area contributed by atoms with Crippen molar-refractivity contribution in [1.82, 2.24) is 9.47 Å². The number of carbonyl (C=O) groups excluding carboxylic acids is 1. The number of amides is 1. The Hall–Kier alpha value is -2.82. The standard InChI is InChI=1S/C21H22N2O3/c24-20(22-12-6-1-2-7-13-22)17-10-11-19-18(14-17)23(21(25)26-19)15-16-8-4-3-5-9-16/h3-5,8-11,14H,1-2,6-7,12-13,15H2. The summed E-state index contributed by atoms with van der Waals surface area (Å²) >= 11 is 0. The van der Waals surface area contributed by atoms with Crippen LogP contribution in [0.4, 0.5) is 0 Å². The molecule has 1 amide bonds. The lowest BCUT2D eigenvalue weighted by atomic mass is 10.1. The van der Waals surface area contributed by atoms with E-state index in [4.69, 9.17) is 4.42 Å². The molecule has 3 aromatic rings. The molecule has 4 rings (SSSR count). The fraction of sp³-hybridized carbons (Fsp3) is 0.333. The molecule has 5 nitrogen and oxygen atoms in total. The minimum atomic E-state index is -0.400. The molecule has 0 spiro atoms. The van der Waals surface area contributed by atoms with Gasteiger partial charge in [0.15, 0.2) is 5.58 Å². The van der Waals surface area contributed by atoms with E-state index < -0.39 is 5.76 Å². The highest BCUT2D eigenvalue weighted by Gasteiger charge is 2.19. The second-order valence-electron chi connectivity index (χ2n) is 6.83. The second-order valence-corrected chi connectivity index (χ2v) is 6.83. The molecule has 0 aliphatic carbocycles. The van der Waals surface area contributed by atoms with Crippen molar-refractivity contribution in [2.24, 2.45) is 0 Å². The first-order valence-corrected chi connectivity index (χ1v) is 9.19. The molecule has 0 unspecified atom stereocenters. The van der Waals surface area contributed by atoms with Gasteiger partial charge in [0.05, 0.1) is 12.1 Å². The first-order valence-electron chi connectivity index (χ1n) is 9.19. The molecule has 1 fully saturated rings. The van der Waals surface area contributed by atoms with E-state index in [2.05, 4.69) is 0 Å². The van der Waals surface area contributed by atoms with Crippen LogP contribution in [0.5, 0.6) is 0 Å². The van der Waals surface area contributed by atoms with Gasteiger partial charge in [0.25, 0.3) is 5.91 Å². The summed E-state index contributed by atoms with van der Waals surface area (Å²) in [5, 5.41) is 0. The van der Waals surface area contributed by atoms with E-state index >= 15 is 0 Å². The van der Waals surface area contributed by atoms with Crippen molar-refractivity contribution in [3.05, 3.63) is 70.2 Å². The third-order valence-electron chi connectivity index (χ3n) is 4.99. The summed E-state index contributed by atoms with van der Waals surface area (Å²) in [5.74, 6) is -0.364. The van der Waals surface area contributed by atoms with E-state index in [-0.39, 0.29) is 5.91 Å². The third kappa shape index (κ3) is 3.29. The molecule has 1 saturated heterocycles. The highest BCUT2D eigenvalue weighted by atomic mass is 16.4. The molecule has 0 radical (unpaired) electrons. The van der Waals surface area contributed by atoms with Crippen molar-refractivity contribution in [2.45, 2.75) is 32.2 Å². The first-order chi connectivity index (χ1) is 12.7. The Bertz CT molecular complexity index is 964. The number of hydrogen-bond acceptors (Lipinski definition) is 3. The second kappa shape index (κ2) is 7.20. The summed E-state index contributed by atoms with van der Waals surface area (Å²) in [5.41, 5.74) is 2.81. The lowest BCUT2D eigenvalue weighted by molar-refractivity contribution is 0.0762. The van der Waals surface area contributed by atoms with Gasteiger partial charge in [-0.3, -0.25) is 9.36 Å². The quantitative estimate of drug-likeness (QED) is 0.724. The molecule has 1 aromatic heterocycles. The fourth-order valence-electron chi connectivity index (χ4n) is 3.57. The summed E-state index contributed by atoms with van der Waals surface area (Å²) in [4.78, 5) is 27.1. The third-order valence-corrected chi connectivity index (χ3v) is 4.99. The molecule has 1 aliphatic heterocycles. The maximum absolute atomic E-state index is 12.9. The molecule has 5 heteroatoms. The van der Waals surface area contributed by atoms with E-state index in [0.717, 1.165) is 31.5 Å². The number of hydrogen-bond donors (Lipinski definition) is 0. The van der Waals surface area contributed by atoms with Crippen LogP contribution in [-0.2, 0) is 6.54 Å². The number of fused-ring (bicyclic) bond motifs is 1. The Labute approximate surface area is 151 Å². The number of oxazole rings is 1. The van der Waals surface area contributed by atoms with Gasteiger partial charge in [0.2, 0.25) is 0 Å². The van der Waals surface area contributed by atoms with Crippen LogP contribution in [0.2, 0.25) is 0 Å². The predicted molar refractivity (Wildman–Crippen MR) is 100 cm³/mol. The normalized spacial score (nSPS) is 15.2. The Morgan fingerprint density at radius 1 is 0.962 bits per heavy atom. The van der Waals surface area contributed by atoms with Gasteiger partial charge in [-0.2, -0.15) is 0 Å². The topological polar surface area (TPSA) is 55.5 Å². The van der Waals surface area contributed by atoms with E-state index in [0.29, 0.717) is 23.2 Å². The summed E-state index contributed by atoms with van der Waals surface area (Å²) < 4.78 is 6.94. The zero-order valence-electron chi connectivity index (χ0n) is 14.7. The van der Waals surface area contributed by atoms with E-state index in [1.807, 2.05) is 35.2 Å². The molecular formula is C21H22N2O3. The summed E-state index contributed by atoms with van der Waals surface area (Å²) in [6.45, 7) is 2.03. The monoisotopic (exact) mass is 350 g/mol. The van der Waals surface area contributed by atoms with Crippen molar-refractivity contribution in [3.63, 3.8) is 0 Å². The molecule has 2 heterocycles. The lowest BCUT2D eigenvalue weighted by Crippen LogP contribution is -2.31. The average Bonchev–Trinajstić information content (AvgIpc) is 2.84. The Kier molecular flexibility index (Phi) is 4.61. The van der Waals surface area contributed by atoms with Gasteiger partial charge in [-0.15, -0.1) is 0 Å². The molecule has 0 bridgehead atoms. The van der Waals surface area contributed by atoms with E-state index in [9.17, 15) is 9.59 Å². The number of benzene rings is 2. The predicted octanol–water partition coefficient (Wildman–Crippen LogP) is 3.66. The smallest absolute Gasteiger partial charge is 0.408 e. The van der Waals surface area contributed by atoms with Crippen LogP contribution < -0.4 is 5.76 Å². The zero-order chi connectivity index (χ0) is 17.9. The van der Waals surface area contributed by atoms with Crippen LogP contribution in [0.15, 0.2) is 57.7 Å². The van der Waals surface area contributed by atoms with Crippen molar-refractivity contribution in [1.29, 1.82) is 0 Å². The molecule has 0 N–H and O–H groups in total. The highest BCUT2D eigenvalue weighted by Crippen LogP contribution is 2.19. The minimum absolute atomic E-state index is 0.0358. The number of aromatic nitrogens is 1. The maximum atomic E-state index is 12.9. The van der Waals surface area contributed by atoms with Gasteiger partial charge in [-0.25, -0.2) is 4.79 Å². The largest absolute Gasteiger partial charge is 0.420 e. The summed E-state index contributed by atoms with van der Waals surface area (Å²) in [7, 11) is 0. The number of rotatable bonds is 3. The summed E-state index contributed by atoms with van der Waals surface area (Å²) in [6, 6.07) is 15.0. The molecule has 2 aromatic carbocycles. The molecule has 26 heavy (non-hydrogen) atoms. The van der Waals surface area contributed by atoms with Gasteiger partial charge in [-0.1, -0.05) is 43.2 Å². The van der Waals surface area contributed by atoms with Gasteiger partial charge in [0, 0.05) is 18.7 Å². The van der Waals surface area contributed by atoms with Crippen LogP contribution in [-0.4, -0.2) is 28.5 Å². The van der Waals surface area contributed by atoms with Crippen LogP contribution in [0, 0.1) is 0 Å². The van der Waals surface area contributed by atoms with Crippen LogP contribution in [0.25, 0.3) is 11.1 Å². The van der Waals surface area contributed by atoms with Crippen LogP contribution in [0.1, 0.15) is 41.6 Å². The minimum Gasteiger partial charge on any atom is -0.408 e. The zero-order valence-corrected chi connectivity index (χ0v) is 14.7. The molecule has 1 aliphatic rings. The van der Waals surface area contributed by atoms with Crippen LogP contribution >= 0.6 is 0 Å². The fourth-order valence-corrected chi connectivity index (χ4v) is 3.57. The van der Waals surface area contributed by atoms with E-state index in [1.54, 1.807) is 22.8 Å². The molecule has 134 valence electrons. The van der Waals surface area contributed by atoms with Gasteiger partial charge in [0.1, 0.15) is 0 Å². The number of carbonyl (C=O) groups is 1. The van der Waals surface area contributed by atoms with Crippen molar-refractivity contribution in [3.8, 4) is 0 Å². The van der Waals surface area contributed by atoms with Crippen molar-refractivity contribution < 1.29 is 9.21 Å². The van der Waals surface area contributed by atoms with Crippen LogP contribution in [0.3, 0.4) is 0 Å². The molecular weight excluding hydrogens is 328 g/mol. The number of nitrogens with zero attached hydrogens (tertiary/aromatic N) is 2. The van der Waals surface area contributed by atoms with Crippen molar-refractivity contribution in [2.75, 3.05) is 13.1 Å². The Morgan fingerprint density at radius 3 is 2.42 bits per heavy atom. The summed E-state index contributed by atoms with van der Waals surface area (Å²) in [6.07, 6.45) is 4.47. The molecule has 0 atom stereocenters. The van der Waals surface area contributed by atoms with Crippen molar-refractivity contribution >= 4 is 17.0 Å². The SMILES string of the molecule is O=C(c1ccc2oc(=O)n(Cc3ccccc3)c2c1)N1CCCCCC1.